The van der Waals surface area contributed by atoms with Crippen molar-refractivity contribution in [2.24, 2.45) is 0 Å². The predicted molar refractivity (Wildman–Crippen MR) is 66.5 cm³/mol. The molecule has 0 aromatic rings. The summed E-state index contributed by atoms with van der Waals surface area (Å²) in [6, 6.07) is 0. The second kappa shape index (κ2) is 9.51. The molecule has 0 saturated carbocycles. The number of thioether (sulfide) groups is 1. The summed E-state index contributed by atoms with van der Waals surface area (Å²) in [4.78, 5) is 24.2. The van der Waals surface area contributed by atoms with Crippen molar-refractivity contribution in [2.45, 2.75) is 26.2 Å². The predicted octanol–water partition coefficient (Wildman–Crippen LogP) is 1.54. The molecule has 5 heteroatoms. The Morgan fingerprint density at radius 2 is 2.00 bits per heavy atom. The number of ether oxygens (including phenoxy) is 1. The molecule has 0 bridgehead atoms. The van der Waals surface area contributed by atoms with Crippen LogP contribution in [0, 0.1) is 0 Å². The molecule has 0 N–H and O–H groups in total. The van der Waals surface area contributed by atoms with Gasteiger partial charge >= 0.3 is 5.97 Å². The molecule has 0 radical (unpaired) electrons. The fourth-order valence-electron chi connectivity index (χ4n) is 1.18. The SMILES string of the molecule is CCOC(=O)CCN(C)C(=O)CCCSC. The summed E-state index contributed by atoms with van der Waals surface area (Å²) >= 11 is 1.74. The molecular weight excluding hydrogens is 226 g/mol. The molecule has 1 amide bonds. The van der Waals surface area contributed by atoms with Crippen LogP contribution in [0.5, 0.6) is 0 Å². The maximum Gasteiger partial charge on any atom is 0.307 e. The first-order valence-corrected chi connectivity index (χ1v) is 6.89. The minimum atomic E-state index is -0.244. The summed E-state index contributed by atoms with van der Waals surface area (Å²) in [5, 5.41) is 0. The summed E-state index contributed by atoms with van der Waals surface area (Å²) in [6.45, 7) is 2.61. The van der Waals surface area contributed by atoms with Crippen LogP contribution in [0.4, 0.5) is 0 Å². The Morgan fingerprint density at radius 3 is 2.56 bits per heavy atom. The van der Waals surface area contributed by atoms with Gasteiger partial charge in [-0.25, -0.2) is 0 Å². The summed E-state index contributed by atoms with van der Waals surface area (Å²) < 4.78 is 4.79. The number of hydrogen-bond acceptors (Lipinski definition) is 4. The number of carbonyl (C=O) groups excluding carboxylic acids is 2. The lowest BCUT2D eigenvalue weighted by molar-refractivity contribution is -0.143. The van der Waals surface area contributed by atoms with E-state index in [1.165, 1.54) is 0 Å². The number of esters is 1. The van der Waals surface area contributed by atoms with E-state index in [9.17, 15) is 9.59 Å². The Balaban J connectivity index is 3.66. The zero-order valence-electron chi connectivity index (χ0n) is 10.3. The van der Waals surface area contributed by atoms with E-state index in [4.69, 9.17) is 4.74 Å². The van der Waals surface area contributed by atoms with Crippen LogP contribution in [-0.4, -0.2) is 49.0 Å². The molecule has 0 rings (SSSR count). The molecule has 0 aliphatic rings. The van der Waals surface area contributed by atoms with Crippen LogP contribution >= 0.6 is 11.8 Å². The fraction of sp³-hybridized carbons (Fsp3) is 0.818. The zero-order chi connectivity index (χ0) is 12.4. The smallest absolute Gasteiger partial charge is 0.307 e. The van der Waals surface area contributed by atoms with E-state index in [0.717, 1.165) is 12.2 Å². The van der Waals surface area contributed by atoms with Gasteiger partial charge in [0.05, 0.1) is 13.0 Å². The third kappa shape index (κ3) is 7.56. The van der Waals surface area contributed by atoms with E-state index in [1.807, 2.05) is 6.26 Å². The van der Waals surface area contributed by atoms with Gasteiger partial charge in [0, 0.05) is 20.0 Å². The molecule has 0 saturated heterocycles. The quantitative estimate of drug-likeness (QED) is 0.482. The molecule has 16 heavy (non-hydrogen) atoms. The molecule has 0 unspecified atom stereocenters. The molecule has 0 aromatic carbocycles. The van der Waals surface area contributed by atoms with E-state index in [2.05, 4.69) is 0 Å². The number of nitrogens with zero attached hydrogens (tertiary/aromatic N) is 1. The standard InChI is InChI=1S/C11H21NO3S/c1-4-15-11(14)7-8-12(2)10(13)6-5-9-16-3/h4-9H2,1-3H3. The third-order valence-electron chi connectivity index (χ3n) is 2.12. The number of amides is 1. The maximum atomic E-state index is 11.6. The Bertz CT molecular complexity index is 221. The highest BCUT2D eigenvalue weighted by molar-refractivity contribution is 7.98. The van der Waals surface area contributed by atoms with Gasteiger partial charge < -0.3 is 9.64 Å². The summed E-state index contributed by atoms with van der Waals surface area (Å²) in [6.07, 6.45) is 3.75. The largest absolute Gasteiger partial charge is 0.466 e. The molecule has 0 aliphatic heterocycles. The molecule has 0 fully saturated rings. The van der Waals surface area contributed by atoms with Crippen LogP contribution < -0.4 is 0 Å². The van der Waals surface area contributed by atoms with Gasteiger partial charge in [-0.3, -0.25) is 9.59 Å². The van der Waals surface area contributed by atoms with Crippen molar-refractivity contribution >= 4 is 23.6 Å². The first kappa shape index (κ1) is 15.3. The molecule has 0 spiro atoms. The van der Waals surface area contributed by atoms with Crippen LogP contribution in [-0.2, 0) is 14.3 Å². The van der Waals surface area contributed by atoms with Crippen LogP contribution in [0.1, 0.15) is 26.2 Å². The minimum Gasteiger partial charge on any atom is -0.466 e. The summed E-state index contributed by atoms with van der Waals surface area (Å²) in [7, 11) is 1.72. The fourth-order valence-corrected chi connectivity index (χ4v) is 1.61. The van der Waals surface area contributed by atoms with Gasteiger partial charge in [-0.05, 0) is 25.4 Å². The van der Waals surface area contributed by atoms with Crippen molar-refractivity contribution in [1.29, 1.82) is 0 Å². The Labute approximate surface area is 102 Å². The minimum absolute atomic E-state index is 0.0957. The van der Waals surface area contributed by atoms with Crippen LogP contribution in [0.25, 0.3) is 0 Å². The van der Waals surface area contributed by atoms with Gasteiger partial charge in [0.25, 0.3) is 0 Å². The van der Waals surface area contributed by atoms with E-state index in [1.54, 1.807) is 30.6 Å². The lowest BCUT2D eigenvalue weighted by atomic mass is 10.3. The Hall–Kier alpha value is -0.710. The van der Waals surface area contributed by atoms with E-state index < -0.39 is 0 Å². The first-order chi connectivity index (χ1) is 7.61. The topological polar surface area (TPSA) is 46.6 Å². The molecule has 0 atom stereocenters. The highest BCUT2D eigenvalue weighted by Gasteiger charge is 2.10. The number of hydrogen-bond donors (Lipinski definition) is 0. The highest BCUT2D eigenvalue weighted by Crippen LogP contribution is 2.02. The van der Waals surface area contributed by atoms with Crippen molar-refractivity contribution in [2.75, 3.05) is 32.2 Å². The van der Waals surface area contributed by atoms with Crippen LogP contribution in [0.15, 0.2) is 0 Å². The molecule has 0 aromatic heterocycles. The van der Waals surface area contributed by atoms with Gasteiger partial charge in [-0.1, -0.05) is 0 Å². The van der Waals surface area contributed by atoms with Gasteiger partial charge in [-0.2, -0.15) is 11.8 Å². The van der Waals surface area contributed by atoms with Gasteiger partial charge in [0.15, 0.2) is 0 Å². The molecule has 0 heterocycles. The Morgan fingerprint density at radius 1 is 1.31 bits per heavy atom. The molecule has 94 valence electrons. The average Bonchev–Trinajstić information content (AvgIpc) is 2.26. The van der Waals surface area contributed by atoms with Crippen molar-refractivity contribution in [1.82, 2.24) is 4.90 Å². The maximum absolute atomic E-state index is 11.6. The van der Waals surface area contributed by atoms with E-state index in [-0.39, 0.29) is 18.3 Å². The van der Waals surface area contributed by atoms with E-state index >= 15 is 0 Å². The van der Waals surface area contributed by atoms with Crippen molar-refractivity contribution in [3.05, 3.63) is 0 Å². The van der Waals surface area contributed by atoms with Crippen molar-refractivity contribution in [3.63, 3.8) is 0 Å². The molecule has 0 aliphatic carbocycles. The lowest BCUT2D eigenvalue weighted by Crippen LogP contribution is -2.29. The van der Waals surface area contributed by atoms with Crippen LogP contribution in [0.3, 0.4) is 0 Å². The monoisotopic (exact) mass is 247 g/mol. The second-order valence-corrected chi connectivity index (χ2v) is 4.45. The van der Waals surface area contributed by atoms with Gasteiger partial charge in [0.2, 0.25) is 5.91 Å². The highest BCUT2D eigenvalue weighted by atomic mass is 32.2. The normalized spacial score (nSPS) is 9.94. The molecular formula is C11H21NO3S. The third-order valence-corrected chi connectivity index (χ3v) is 2.82. The number of carbonyl (C=O) groups is 2. The van der Waals surface area contributed by atoms with Gasteiger partial charge in [0.1, 0.15) is 0 Å². The summed E-state index contributed by atoms with van der Waals surface area (Å²) in [5.41, 5.74) is 0. The van der Waals surface area contributed by atoms with Crippen molar-refractivity contribution < 1.29 is 14.3 Å². The van der Waals surface area contributed by atoms with Crippen LogP contribution in [0.2, 0.25) is 0 Å². The van der Waals surface area contributed by atoms with Gasteiger partial charge in [-0.15, -0.1) is 0 Å². The van der Waals surface area contributed by atoms with Crippen molar-refractivity contribution in [3.8, 4) is 0 Å². The molecule has 4 nitrogen and oxygen atoms in total. The van der Waals surface area contributed by atoms with E-state index in [0.29, 0.717) is 19.6 Å². The zero-order valence-corrected chi connectivity index (χ0v) is 11.1. The number of rotatable bonds is 8. The lowest BCUT2D eigenvalue weighted by Gasteiger charge is -2.16. The Kier molecular flexibility index (Phi) is 9.09. The average molecular weight is 247 g/mol. The first-order valence-electron chi connectivity index (χ1n) is 5.50. The summed E-state index contributed by atoms with van der Waals surface area (Å²) in [5.74, 6) is 0.849. The second-order valence-electron chi connectivity index (χ2n) is 3.47.